The normalized spacial score (nSPS) is 29.2. The third kappa shape index (κ3) is 1.23. The van der Waals surface area contributed by atoms with E-state index >= 15 is 0 Å². The fourth-order valence-corrected chi connectivity index (χ4v) is 1.74. The first kappa shape index (κ1) is 8.38. The summed E-state index contributed by atoms with van der Waals surface area (Å²) in [6.07, 6.45) is -0.00694. The van der Waals surface area contributed by atoms with Crippen LogP contribution in [0.15, 0.2) is 0 Å². The van der Waals surface area contributed by atoms with Crippen LogP contribution < -0.4 is 0 Å². The molecule has 2 fully saturated rings. The molecule has 2 nitrogen and oxygen atoms in total. The Labute approximate surface area is 68.1 Å². The van der Waals surface area contributed by atoms with Crippen molar-refractivity contribution in [2.75, 3.05) is 13.2 Å². The molecule has 0 aromatic rings. The van der Waals surface area contributed by atoms with E-state index < -0.39 is 18.6 Å². The zero-order chi connectivity index (χ0) is 8.82. The van der Waals surface area contributed by atoms with Crippen molar-refractivity contribution in [1.82, 2.24) is 0 Å². The largest absolute Gasteiger partial charge is 0.481 e. The van der Waals surface area contributed by atoms with Crippen molar-refractivity contribution in [3.05, 3.63) is 0 Å². The maximum Gasteiger partial charge on any atom is 0.481 e. The van der Waals surface area contributed by atoms with Crippen LogP contribution in [0, 0.1) is 0 Å². The van der Waals surface area contributed by atoms with Crippen LogP contribution in [0.2, 0.25) is 5.82 Å². The lowest BCUT2D eigenvalue weighted by Crippen LogP contribution is -2.48. The quantitative estimate of drug-likeness (QED) is 0.573. The Hall–Kier alpha value is -0.225. The highest BCUT2D eigenvalue weighted by Gasteiger charge is 2.55. The maximum absolute atomic E-state index is 12.1. The SMILES string of the molecule is F[B-](F)(F)C1CC2(C1)OCCO2. The maximum atomic E-state index is 12.1. The van der Waals surface area contributed by atoms with Crippen LogP contribution in [0.25, 0.3) is 0 Å². The van der Waals surface area contributed by atoms with E-state index in [0.717, 1.165) is 0 Å². The molecule has 1 heterocycles. The Balaban J connectivity index is 1.90. The Kier molecular flexibility index (Phi) is 1.67. The van der Waals surface area contributed by atoms with Crippen LogP contribution in [0.5, 0.6) is 0 Å². The number of ether oxygens (including phenoxy) is 2. The van der Waals surface area contributed by atoms with Crippen LogP contribution in [0.4, 0.5) is 12.9 Å². The summed E-state index contributed by atoms with van der Waals surface area (Å²) >= 11 is 0. The predicted octanol–water partition coefficient (Wildman–Crippen LogP) is 1.74. The molecule has 1 spiro atoms. The Bertz CT molecular complexity index is 180. The molecule has 0 amide bonds. The van der Waals surface area contributed by atoms with E-state index in [1.807, 2.05) is 0 Å². The average molecular weight is 181 g/mol. The van der Waals surface area contributed by atoms with Gasteiger partial charge >= 0.3 is 6.98 Å². The van der Waals surface area contributed by atoms with E-state index in [2.05, 4.69) is 0 Å². The summed E-state index contributed by atoms with van der Waals surface area (Å²) in [5.41, 5.74) is 0. The molecule has 2 rings (SSSR count). The topological polar surface area (TPSA) is 18.5 Å². The summed E-state index contributed by atoms with van der Waals surface area (Å²) in [6.45, 7) is -3.83. The van der Waals surface area contributed by atoms with Gasteiger partial charge in [0, 0.05) is 0 Å². The van der Waals surface area contributed by atoms with Crippen molar-refractivity contribution < 1.29 is 22.4 Å². The van der Waals surface area contributed by atoms with Gasteiger partial charge in [0.2, 0.25) is 0 Å². The van der Waals surface area contributed by atoms with E-state index in [9.17, 15) is 12.9 Å². The first-order chi connectivity index (χ1) is 5.52. The van der Waals surface area contributed by atoms with E-state index in [1.165, 1.54) is 0 Å². The second-order valence-corrected chi connectivity index (χ2v) is 3.40. The fourth-order valence-electron chi connectivity index (χ4n) is 1.74. The molecule has 1 saturated carbocycles. The minimum atomic E-state index is -4.69. The van der Waals surface area contributed by atoms with Gasteiger partial charge in [-0.2, -0.15) is 0 Å². The highest BCUT2D eigenvalue weighted by atomic mass is 19.4. The van der Waals surface area contributed by atoms with Crippen molar-refractivity contribution in [1.29, 1.82) is 0 Å². The molecule has 2 aliphatic rings. The highest BCUT2D eigenvalue weighted by molar-refractivity contribution is 6.60. The van der Waals surface area contributed by atoms with Gasteiger partial charge in [0.05, 0.1) is 13.2 Å². The van der Waals surface area contributed by atoms with Gasteiger partial charge in [-0.1, -0.05) is 5.82 Å². The van der Waals surface area contributed by atoms with Gasteiger partial charge in [0.25, 0.3) is 0 Å². The Morgan fingerprint density at radius 1 is 1.08 bits per heavy atom. The van der Waals surface area contributed by atoms with Gasteiger partial charge in [-0.05, 0) is 12.8 Å². The second-order valence-electron chi connectivity index (χ2n) is 3.40. The highest BCUT2D eigenvalue weighted by Crippen LogP contribution is 2.53. The van der Waals surface area contributed by atoms with Gasteiger partial charge in [0.1, 0.15) is 0 Å². The molecule has 70 valence electrons. The average Bonchev–Trinajstić information content (AvgIpc) is 2.27. The van der Waals surface area contributed by atoms with Crippen molar-refractivity contribution in [2.45, 2.75) is 24.4 Å². The van der Waals surface area contributed by atoms with E-state index in [1.54, 1.807) is 0 Å². The first-order valence-corrected chi connectivity index (χ1v) is 4.00. The third-order valence-corrected chi connectivity index (χ3v) is 2.49. The molecule has 1 saturated heterocycles. The zero-order valence-corrected chi connectivity index (χ0v) is 6.43. The molecule has 0 unspecified atom stereocenters. The lowest BCUT2D eigenvalue weighted by atomic mass is 9.58. The summed E-state index contributed by atoms with van der Waals surface area (Å²) < 4.78 is 46.4. The summed E-state index contributed by atoms with van der Waals surface area (Å²) in [5.74, 6) is -2.02. The van der Waals surface area contributed by atoms with Gasteiger partial charge in [-0.15, -0.1) is 0 Å². The smallest absolute Gasteiger partial charge is 0.449 e. The van der Waals surface area contributed by atoms with Crippen molar-refractivity contribution in [3.63, 3.8) is 0 Å². The van der Waals surface area contributed by atoms with Crippen molar-refractivity contribution in [3.8, 4) is 0 Å². The molecule has 1 aliphatic carbocycles. The number of rotatable bonds is 1. The van der Waals surface area contributed by atoms with E-state index in [4.69, 9.17) is 9.47 Å². The van der Waals surface area contributed by atoms with Gasteiger partial charge < -0.3 is 22.4 Å². The number of hydrogen-bond acceptors (Lipinski definition) is 2. The summed E-state index contributed by atoms with van der Waals surface area (Å²) in [4.78, 5) is 0. The lowest BCUT2D eigenvalue weighted by molar-refractivity contribution is -0.209. The number of hydrogen-bond donors (Lipinski definition) is 0. The first-order valence-electron chi connectivity index (χ1n) is 4.00. The van der Waals surface area contributed by atoms with Crippen LogP contribution in [0.1, 0.15) is 12.8 Å². The number of halogens is 3. The Morgan fingerprint density at radius 3 is 2.00 bits per heavy atom. The standard InChI is InChI=1S/C6H9BF3O2/c8-7(9,10)5-3-6(4-5)11-1-2-12-6/h5H,1-4H2/q-1. The zero-order valence-electron chi connectivity index (χ0n) is 6.43. The summed E-state index contributed by atoms with van der Waals surface area (Å²) in [7, 11) is 0. The molecule has 0 N–H and O–H groups in total. The minimum Gasteiger partial charge on any atom is -0.449 e. The molecule has 0 bridgehead atoms. The van der Waals surface area contributed by atoms with Crippen molar-refractivity contribution >= 4 is 6.98 Å². The summed E-state index contributed by atoms with van der Waals surface area (Å²) in [6, 6.07) is 0. The molecule has 1 aliphatic heterocycles. The molecule has 0 aromatic carbocycles. The van der Waals surface area contributed by atoms with Crippen LogP contribution >= 0.6 is 0 Å². The van der Waals surface area contributed by atoms with Crippen LogP contribution in [-0.4, -0.2) is 26.0 Å². The molecule has 0 aromatic heterocycles. The second kappa shape index (κ2) is 2.39. The van der Waals surface area contributed by atoms with Gasteiger partial charge in [-0.25, -0.2) is 0 Å². The molecule has 12 heavy (non-hydrogen) atoms. The third-order valence-electron chi connectivity index (χ3n) is 2.49. The van der Waals surface area contributed by atoms with Crippen LogP contribution in [-0.2, 0) is 9.47 Å². The monoisotopic (exact) mass is 181 g/mol. The van der Waals surface area contributed by atoms with E-state index in [0.29, 0.717) is 13.2 Å². The molecule has 6 heteroatoms. The van der Waals surface area contributed by atoms with Crippen molar-refractivity contribution in [2.24, 2.45) is 0 Å². The Morgan fingerprint density at radius 2 is 1.58 bits per heavy atom. The lowest BCUT2D eigenvalue weighted by Gasteiger charge is -2.47. The molecular weight excluding hydrogens is 172 g/mol. The van der Waals surface area contributed by atoms with Gasteiger partial charge in [0.15, 0.2) is 5.79 Å². The minimum absolute atomic E-state index is 0.00347. The molecule has 0 atom stereocenters. The predicted molar refractivity (Wildman–Crippen MR) is 36.7 cm³/mol. The molecule has 0 radical (unpaired) electrons. The van der Waals surface area contributed by atoms with Gasteiger partial charge in [-0.3, -0.25) is 0 Å². The summed E-state index contributed by atoms with van der Waals surface area (Å²) in [5, 5.41) is 0. The van der Waals surface area contributed by atoms with E-state index in [-0.39, 0.29) is 12.8 Å². The van der Waals surface area contributed by atoms with Crippen LogP contribution in [0.3, 0.4) is 0 Å². The molecular formula is C6H9BF3O2-. The fraction of sp³-hybridized carbons (Fsp3) is 1.00.